The standard InChI is InChI=1S/C43H53N5O8S/c1-6-28-25-43(28,41(52)46-57(53,54)31-16-17-31)45-39(50)36-22-30(26-48(36)40(51)33(42(2,3)4)23-38(49)47-19-11-8-12-20-47)56-37-24-35(27-13-9-7-10-14-27)44-34-18-15-29(55-5)21-32(34)37/h6-7,9-10,13-15,18,21,24,28,30-31,33,36H,1,8,11-12,16-17,19-20,22-23,25-26H2,2-5H3,(H,45,50)(H,46,52)/t28?,30-,33?,36+,43-/m1/s1. The van der Waals surface area contributed by atoms with Crippen molar-refractivity contribution in [3.63, 3.8) is 0 Å². The molecule has 2 saturated heterocycles. The Labute approximate surface area is 334 Å². The fourth-order valence-electron chi connectivity index (χ4n) is 8.14. The number of benzene rings is 2. The number of pyridine rings is 1. The highest BCUT2D eigenvalue weighted by Gasteiger charge is 2.62. The van der Waals surface area contributed by atoms with Crippen LogP contribution in [0.25, 0.3) is 22.2 Å². The van der Waals surface area contributed by atoms with Crippen LogP contribution in [0, 0.1) is 17.3 Å². The van der Waals surface area contributed by atoms with Crippen LogP contribution in [0.2, 0.25) is 0 Å². The molecule has 14 heteroatoms. The normalized spacial score (nSPS) is 24.0. The number of nitrogens with one attached hydrogen (secondary N) is 2. The number of carbonyl (C=O) groups is 4. The summed E-state index contributed by atoms with van der Waals surface area (Å²) in [5.74, 6) is -2.08. The molecule has 2 aromatic carbocycles. The van der Waals surface area contributed by atoms with Gasteiger partial charge in [0.1, 0.15) is 29.2 Å². The second-order valence-corrected chi connectivity index (χ2v) is 18.9. The van der Waals surface area contributed by atoms with E-state index in [1.807, 2.05) is 80.3 Å². The lowest BCUT2D eigenvalue weighted by molar-refractivity contribution is -0.148. The minimum atomic E-state index is -3.90. The molecule has 1 aromatic heterocycles. The van der Waals surface area contributed by atoms with Crippen molar-refractivity contribution >= 4 is 44.6 Å². The topological polar surface area (TPSA) is 164 Å². The van der Waals surface area contributed by atoms with E-state index in [9.17, 15) is 27.6 Å². The molecule has 0 bridgehead atoms. The van der Waals surface area contributed by atoms with E-state index in [-0.39, 0.29) is 37.6 Å². The first-order valence-electron chi connectivity index (χ1n) is 19.9. The summed E-state index contributed by atoms with van der Waals surface area (Å²) in [6.07, 6.45) is 4.89. The van der Waals surface area contributed by atoms with Gasteiger partial charge in [-0.15, -0.1) is 6.58 Å². The van der Waals surface area contributed by atoms with Crippen LogP contribution < -0.4 is 19.5 Å². The second kappa shape index (κ2) is 15.8. The molecule has 13 nitrogen and oxygen atoms in total. The zero-order valence-electron chi connectivity index (χ0n) is 33.2. The Bertz CT molecular complexity index is 2160. The summed E-state index contributed by atoms with van der Waals surface area (Å²) >= 11 is 0. The van der Waals surface area contributed by atoms with Crippen molar-refractivity contribution in [1.82, 2.24) is 24.8 Å². The SMILES string of the molecule is C=CC1C[C@]1(NC(=O)[C@@H]1C[C@@H](Oc2cc(-c3ccccc3)nc3ccc(OC)cc23)CN1C(=O)C(CC(=O)N1CCCCC1)C(C)(C)C)C(=O)NS(=O)(=O)C1CC1. The number of hydrogen-bond donors (Lipinski definition) is 2. The largest absolute Gasteiger partial charge is 0.497 e. The van der Waals surface area contributed by atoms with E-state index in [1.54, 1.807) is 7.11 Å². The number of hydrogen-bond acceptors (Lipinski definition) is 9. The van der Waals surface area contributed by atoms with Crippen LogP contribution in [-0.4, -0.2) is 96.5 Å². The van der Waals surface area contributed by atoms with Crippen LogP contribution >= 0.6 is 0 Å². The zero-order chi connectivity index (χ0) is 40.7. The predicted molar refractivity (Wildman–Crippen MR) is 216 cm³/mol. The number of sulfonamides is 1. The molecule has 4 amide bonds. The van der Waals surface area contributed by atoms with Crippen molar-refractivity contribution in [3.8, 4) is 22.8 Å². The van der Waals surface area contributed by atoms with Crippen LogP contribution in [0.4, 0.5) is 0 Å². The third-order valence-corrected chi connectivity index (χ3v) is 13.7. The van der Waals surface area contributed by atoms with Gasteiger partial charge in [-0.3, -0.25) is 23.9 Å². The van der Waals surface area contributed by atoms with E-state index in [1.165, 1.54) is 11.0 Å². The highest BCUT2D eigenvalue weighted by molar-refractivity contribution is 7.91. The molecule has 0 spiro atoms. The van der Waals surface area contributed by atoms with Crippen LogP contribution in [0.1, 0.15) is 72.1 Å². The Morgan fingerprint density at radius 1 is 1.04 bits per heavy atom. The Morgan fingerprint density at radius 3 is 2.39 bits per heavy atom. The Kier molecular flexibility index (Phi) is 11.1. The molecule has 4 fully saturated rings. The number of methoxy groups -OCH3 is 1. The van der Waals surface area contributed by atoms with E-state index < -0.39 is 62.0 Å². The van der Waals surface area contributed by atoms with Crippen LogP contribution in [-0.2, 0) is 29.2 Å². The molecule has 2 unspecified atom stereocenters. The summed E-state index contributed by atoms with van der Waals surface area (Å²) in [6, 6.07) is 15.9. The maximum absolute atomic E-state index is 14.9. The molecule has 2 aliphatic heterocycles. The highest BCUT2D eigenvalue weighted by Crippen LogP contribution is 2.46. The molecule has 4 aliphatic rings. The minimum Gasteiger partial charge on any atom is -0.497 e. The first kappa shape index (κ1) is 40.2. The van der Waals surface area contributed by atoms with Gasteiger partial charge in [-0.1, -0.05) is 57.2 Å². The van der Waals surface area contributed by atoms with Crippen molar-refractivity contribution < 1.29 is 37.1 Å². The van der Waals surface area contributed by atoms with Gasteiger partial charge in [0.25, 0.3) is 5.91 Å². The Hall–Kier alpha value is -4.98. The van der Waals surface area contributed by atoms with E-state index in [0.717, 1.165) is 24.8 Å². The van der Waals surface area contributed by atoms with Crippen molar-refractivity contribution in [1.29, 1.82) is 0 Å². The number of aromatic nitrogens is 1. The first-order valence-corrected chi connectivity index (χ1v) is 21.5. The molecule has 2 aliphatic carbocycles. The van der Waals surface area contributed by atoms with Crippen molar-refractivity contribution in [3.05, 3.63) is 67.3 Å². The average Bonchev–Trinajstić information content (AvgIpc) is 4.13. The van der Waals surface area contributed by atoms with E-state index in [4.69, 9.17) is 14.5 Å². The van der Waals surface area contributed by atoms with Gasteiger partial charge >= 0.3 is 0 Å². The number of rotatable bonds is 13. The molecule has 3 aromatic rings. The minimum absolute atomic E-state index is 0.0160. The number of likely N-dealkylation sites (tertiary alicyclic amines) is 2. The molecular formula is C43H53N5O8S. The third kappa shape index (κ3) is 8.51. The van der Waals surface area contributed by atoms with E-state index in [0.29, 0.717) is 54.0 Å². The van der Waals surface area contributed by atoms with Crippen LogP contribution in [0.15, 0.2) is 67.3 Å². The third-order valence-electron chi connectivity index (χ3n) is 11.9. The molecule has 5 atom stereocenters. The number of fused-ring (bicyclic) bond motifs is 1. The first-order chi connectivity index (χ1) is 27.1. The van der Waals surface area contributed by atoms with E-state index in [2.05, 4.69) is 16.6 Å². The monoisotopic (exact) mass is 799 g/mol. The number of piperidine rings is 1. The average molecular weight is 800 g/mol. The summed E-state index contributed by atoms with van der Waals surface area (Å²) in [6.45, 7) is 10.9. The van der Waals surface area contributed by atoms with Gasteiger partial charge in [0, 0.05) is 48.9 Å². The predicted octanol–water partition coefficient (Wildman–Crippen LogP) is 4.99. The Balaban J connectivity index is 1.22. The molecule has 57 heavy (non-hydrogen) atoms. The summed E-state index contributed by atoms with van der Waals surface area (Å²) in [5, 5.41) is 2.91. The molecule has 7 rings (SSSR count). The lowest BCUT2D eigenvalue weighted by Gasteiger charge is -2.36. The van der Waals surface area contributed by atoms with Gasteiger partial charge in [-0.25, -0.2) is 13.4 Å². The van der Waals surface area contributed by atoms with Gasteiger partial charge in [-0.2, -0.15) is 0 Å². The summed E-state index contributed by atoms with van der Waals surface area (Å²) < 4.78 is 40.1. The molecule has 2 N–H and O–H groups in total. The van der Waals surface area contributed by atoms with Crippen LogP contribution in [0.3, 0.4) is 0 Å². The fourth-order valence-corrected chi connectivity index (χ4v) is 9.50. The van der Waals surface area contributed by atoms with Crippen molar-refractivity contribution in [2.24, 2.45) is 17.3 Å². The smallest absolute Gasteiger partial charge is 0.259 e. The maximum atomic E-state index is 14.9. The maximum Gasteiger partial charge on any atom is 0.259 e. The fraction of sp³-hybridized carbons (Fsp3) is 0.512. The van der Waals surface area contributed by atoms with Crippen LogP contribution in [0.5, 0.6) is 11.5 Å². The molecular weight excluding hydrogens is 747 g/mol. The summed E-state index contributed by atoms with van der Waals surface area (Å²) in [5.41, 5.74) is 0.0269. The quantitative estimate of drug-likeness (QED) is 0.227. The molecule has 3 heterocycles. The molecule has 2 saturated carbocycles. The van der Waals surface area contributed by atoms with Crippen molar-refractivity contribution in [2.45, 2.75) is 95.1 Å². The van der Waals surface area contributed by atoms with Gasteiger partial charge in [0.05, 0.1) is 36.0 Å². The van der Waals surface area contributed by atoms with Gasteiger partial charge in [0.2, 0.25) is 27.7 Å². The Morgan fingerprint density at radius 2 is 1.75 bits per heavy atom. The highest BCUT2D eigenvalue weighted by atomic mass is 32.2. The second-order valence-electron chi connectivity index (χ2n) is 17.0. The van der Waals surface area contributed by atoms with Crippen molar-refractivity contribution in [2.75, 3.05) is 26.7 Å². The summed E-state index contributed by atoms with van der Waals surface area (Å²) in [4.78, 5) is 64.9. The molecule has 0 radical (unpaired) electrons. The lowest BCUT2D eigenvalue weighted by atomic mass is 9.77. The number of amides is 4. The summed E-state index contributed by atoms with van der Waals surface area (Å²) in [7, 11) is -2.33. The van der Waals surface area contributed by atoms with Gasteiger partial charge in [-0.05, 0) is 62.1 Å². The number of nitrogens with zero attached hydrogens (tertiary/aromatic N) is 3. The zero-order valence-corrected chi connectivity index (χ0v) is 34.0. The lowest BCUT2D eigenvalue weighted by Crippen LogP contribution is -2.57. The number of ether oxygens (including phenoxy) is 2. The molecule has 304 valence electrons. The van der Waals surface area contributed by atoms with E-state index >= 15 is 0 Å². The van der Waals surface area contributed by atoms with Gasteiger partial charge in [0.15, 0.2) is 0 Å². The van der Waals surface area contributed by atoms with Gasteiger partial charge < -0.3 is 24.6 Å². The number of carbonyl (C=O) groups excluding carboxylic acids is 4.